The molecule has 10 heteroatoms. The van der Waals surface area contributed by atoms with Crippen molar-refractivity contribution in [3.8, 4) is 5.75 Å². The van der Waals surface area contributed by atoms with E-state index >= 15 is 0 Å². The molecular weight excluding hydrogens is 362 g/mol. The van der Waals surface area contributed by atoms with Crippen LogP contribution >= 0.6 is 11.3 Å². The number of urea groups is 1. The molecule has 0 saturated carbocycles. The van der Waals surface area contributed by atoms with E-state index in [0.717, 1.165) is 4.70 Å². The van der Waals surface area contributed by atoms with Gasteiger partial charge in [-0.1, -0.05) is 0 Å². The quantitative estimate of drug-likeness (QED) is 0.561. The van der Waals surface area contributed by atoms with Gasteiger partial charge in [-0.3, -0.25) is 4.79 Å². The van der Waals surface area contributed by atoms with Gasteiger partial charge in [0.2, 0.25) is 5.76 Å². The molecule has 0 fully saturated rings. The fourth-order valence-electron chi connectivity index (χ4n) is 2.42. The van der Waals surface area contributed by atoms with Crippen molar-refractivity contribution >= 4 is 55.3 Å². The molecule has 0 aliphatic heterocycles. The Morgan fingerprint density at radius 2 is 2.04 bits per heavy atom. The van der Waals surface area contributed by atoms with Crippen molar-refractivity contribution in [2.24, 2.45) is 11.5 Å². The number of esters is 1. The maximum Gasteiger partial charge on any atom is 0.344 e. The van der Waals surface area contributed by atoms with Crippen LogP contribution in [0.2, 0.25) is 0 Å². The predicted octanol–water partition coefficient (Wildman–Crippen LogP) is 2.18. The molecule has 0 radical (unpaired) electrons. The van der Waals surface area contributed by atoms with Crippen molar-refractivity contribution in [1.82, 2.24) is 0 Å². The summed E-state index contributed by atoms with van der Waals surface area (Å²) in [5, 5.41) is 3.07. The summed E-state index contributed by atoms with van der Waals surface area (Å²) < 4.78 is 17.0. The van der Waals surface area contributed by atoms with E-state index in [1.54, 1.807) is 25.1 Å². The van der Waals surface area contributed by atoms with Gasteiger partial charge in [0.25, 0.3) is 5.91 Å². The van der Waals surface area contributed by atoms with Crippen molar-refractivity contribution in [3.63, 3.8) is 0 Å². The standard InChI is InChI=1S/C16H15N3O6S/c1-2-23-10(20)6-24-7-3-4-8-9(5-7)26-14-11(19-16(18)22)13(15(17)21)25-12(8)14/h3-5H,2,6H2,1H3,(H2,17,21)(H3,18,19,22). The lowest BCUT2D eigenvalue weighted by Gasteiger charge is -2.05. The Bertz CT molecular complexity index is 1020. The number of primary amides is 2. The molecule has 5 N–H and O–H groups in total. The van der Waals surface area contributed by atoms with Gasteiger partial charge in [0.05, 0.1) is 11.3 Å². The maximum atomic E-state index is 11.5. The van der Waals surface area contributed by atoms with Crippen LogP contribution in [0.25, 0.3) is 20.4 Å². The minimum Gasteiger partial charge on any atom is -0.482 e. The van der Waals surface area contributed by atoms with Gasteiger partial charge in [-0.15, -0.1) is 11.3 Å². The van der Waals surface area contributed by atoms with Gasteiger partial charge in [-0.05, 0) is 25.1 Å². The van der Waals surface area contributed by atoms with Crippen LogP contribution in [0.4, 0.5) is 10.5 Å². The number of benzene rings is 1. The number of hydrogen-bond acceptors (Lipinski definition) is 7. The molecule has 2 aromatic heterocycles. The Morgan fingerprint density at radius 1 is 1.27 bits per heavy atom. The number of rotatable bonds is 6. The molecular formula is C16H15N3O6S. The molecule has 0 unspecified atom stereocenters. The summed E-state index contributed by atoms with van der Waals surface area (Å²) in [6, 6.07) is 4.25. The Kier molecular flexibility index (Phi) is 4.67. The van der Waals surface area contributed by atoms with Crippen LogP contribution in [0.3, 0.4) is 0 Å². The summed E-state index contributed by atoms with van der Waals surface area (Å²) in [5.74, 6) is -0.991. The fourth-order valence-corrected chi connectivity index (χ4v) is 3.58. The molecule has 9 nitrogen and oxygen atoms in total. The number of carbonyl (C=O) groups is 3. The third kappa shape index (κ3) is 3.26. The van der Waals surface area contributed by atoms with Crippen LogP contribution < -0.4 is 21.5 Å². The molecule has 0 bridgehead atoms. The molecule has 0 saturated heterocycles. The van der Waals surface area contributed by atoms with Gasteiger partial charge >= 0.3 is 12.0 Å². The number of nitrogens with one attached hydrogen (secondary N) is 1. The minimum atomic E-state index is -0.842. The molecule has 0 spiro atoms. The first kappa shape index (κ1) is 17.5. The Balaban J connectivity index is 1.99. The molecule has 1 aromatic carbocycles. The van der Waals surface area contributed by atoms with E-state index in [4.69, 9.17) is 25.4 Å². The van der Waals surface area contributed by atoms with Gasteiger partial charge < -0.3 is 30.7 Å². The largest absolute Gasteiger partial charge is 0.482 e. The Morgan fingerprint density at radius 3 is 2.69 bits per heavy atom. The molecule has 3 amide bonds. The summed E-state index contributed by atoms with van der Waals surface area (Å²) in [7, 11) is 0. The van der Waals surface area contributed by atoms with E-state index in [1.807, 2.05) is 0 Å². The van der Waals surface area contributed by atoms with Gasteiger partial charge in [-0.25, -0.2) is 9.59 Å². The number of carbonyl (C=O) groups excluding carboxylic acids is 3. The van der Waals surface area contributed by atoms with Gasteiger partial charge in [0.1, 0.15) is 11.4 Å². The Hall–Kier alpha value is -3.27. The topological polar surface area (TPSA) is 147 Å². The van der Waals surface area contributed by atoms with Crippen molar-refractivity contribution in [2.45, 2.75) is 6.92 Å². The second kappa shape index (κ2) is 6.92. The van der Waals surface area contributed by atoms with Gasteiger partial charge in [0.15, 0.2) is 12.2 Å². The number of fused-ring (bicyclic) bond motifs is 3. The third-order valence-electron chi connectivity index (χ3n) is 3.41. The van der Waals surface area contributed by atoms with Crippen LogP contribution in [0.1, 0.15) is 17.5 Å². The highest BCUT2D eigenvalue weighted by Crippen LogP contribution is 2.43. The predicted molar refractivity (Wildman–Crippen MR) is 95.4 cm³/mol. The van der Waals surface area contributed by atoms with Crippen molar-refractivity contribution in [3.05, 3.63) is 24.0 Å². The van der Waals surface area contributed by atoms with Crippen LogP contribution in [0.15, 0.2) is 22.6 Å². The zero-order chi connectivity index (χ0) is 18.8. The number of anilines is 1. The third-order valence-corrected chi connectivity index (χ3v) is 4.56. The monoisotopic (exact) mass is 377 g/mol. The van der Waals surface area contributed by atoms with Crippen molar-refractivity contribution < 1.29 is 28.3 Å². The smallest absolute Gasteiger partial charge is 0.344 e. The number of nitrogens with two attached hydrogens (primary N) is 2. The first-order valence-electron chi connectivity index (χ1n) is 7.54. The van der Waals surface area contributed by atoms with Gasteiger partial charge in [-0.2, -0.15) is 0 Å². The first-order chi connectivity index (χ1) is 12.4. The van der Waals surface area contributed by atoms with Crippen LogP contribution in [-0.2, 0) is 9.53 Å². The molecule has 3 aromatic rings. The molecule has 0 aliphatic rings. The summed E-state index contributed by atoms with van der Waals surface area (Å²) >= 11 is 1.26. The SMILES string of the molecule is CCOC(=O)COc1ccc2c(c1)sc1c(NC(N)=O)c(C(N)=O)oc12. The first-order valence-corrected chi connectivity index (χ1v) is 8.36. The van der Waals surface area contributed by atoms with E-state index in [1.165, 1.54) is 11.3 Å². The van der Waals surface area contributed by atoms with E-state index in [0.29, 0.717) is 21.4 Å². The Labute approximate surface area is 150 Å². The zero-order valence-electron chi connectivity index (χ0n) is 13.7. The van der Waals surface area contributed by atoms with Crippen LogP contribution in [0, 0.1) is 0 Å². The van der Waals surface area contributed by atoms with Gasteiger partial charge in [0, 0.05) is 10.1 Å². The molecule has 26 heavy (non-hydrogen) atoms. The second-order valence-electron chi connectivity index (χ2n) is 5.17. The van der Waals surface area contributed by atoms with Crippen LogP contribution in [0.5, 0.6) is 5.75 Å². The molecule has 2 heterocycles. The van der Waals surface area contributed by atoms with Crippen molar-refractivity contribution in [2.75, 3.05) is 18.5 Å². The molecule has 0 aliphatic carbocycles. The molecule has 0 atom stereocenters. The number of furan rings is 1. The van der Waals surface area contributed by atoms with E-state index in [9.17, 15) is 14.4 Å². The fraction of sp³-hybridized carbons (Fsp3) is 0.188. The lowest BCUT2D eigenvalue weighted by atomic mass is 10.2. The number of ether oxygens (including phenoxy) is 2. The number of thiophene rings is 1. The highest BCUT2D eigenvalue weighted by atomic mass is 32.1. The lowest BCUT2D eigenvalue weighted by Crippen LogP contribution is -2.21. The zero-order valence-corrected chi connectivity index (χ0v) is 14.5. The number of hydrogen-bond donors (Lipinski definition) is 3. The normalized spacial score (nSPS) is 10.8. The van der Waals surface area contributed by atoms with Crippen LogP contribution in [-0.4, -0.2) is 31.1 Å². The lowest BCUT2D eigenvalue weighted by molar-refractivity contribution is -0.145. The summed E-state index contributed by atoms with van der Waals surface area (Å²) in [4.78, 5) is 34.1. The van der Waals surface area contributed by atoms with Crippen molar-refractivity contribution in [1.29, 1.82) is 0 Å². The van der Waals surface area contributed by atoms with E-state index < -0.39 is 17.9 Å². The highest BCUT2D eigenvalue weighted by molar-refractivity contribution is 7.26. The van der Waals surface area contributed by atoms with E-state index in [2.05, 4.69) is 5.32 Å². The minimum absolute atomic E-state index is 0.134. The number of amides is 3. The molecule has 136 valence electrons. The maximum absolute atomic E-state index is 11.5. The highest BCUT2D eigenvalue weighted by Gasteiger charge is 2.23. The average molecular weight is 377 g/mol. The molecule has 3 rings (SSSR count). The second-order valence-corrected chi connectivity index (χ2v) is 6.22. The summed E-state index contributed by atoms with van der Waals surface area (Å²) in [6.07, 6.45) is 0. The summed E-state index contributed by atoms with van der Waals surface area (Å²) in [6.45, 7) is 1.78. The average Bonchev–Trinajstić information content (AvgIpc) is 3.09. The summed E-state index contributed by atoms with van der Waals surface area (Å²) in [5.41, 5.74) is 11.0. The van der Waals surface area contributed by atoms with E-state index in [-0.39, 0.29) is 24.7 Å².